The first-order valence-electron chi connectivity index (χ1n) is 7.86. The minimum Gasteiger partial charge on any atom is -0.334 e. The van der Waals surface area contributed by atoms with Gasteiger partial charge in [0.2, 0.25) is 0 Å². The maximum absolute atomic E-state index is 12.4. The Kier molecular flexibility index (Phi) is 3.14. The number of fused-ring (bicyclic) bond motifs is 1. The van der Waals surface area contributed by atoms with Crippen LogP contribution in [0.25, 0.3) is 11.0 Å². The molecule has 0 spiro atoms. The third-order valence-electron chi connectivity index (χ3n) is 4.65. The van der Waals surface area contributed by atoms with Crippen LogP contribution in [0.3, 0.4) is 0 Å². The first-order chi connectivity index (χ1) is 11.6. The van der Waals surface area contributed by atoms with Crippen molar-refractivity contribution in [2.75, 3.05) is 5.32 Å². The van der Waals surface area contributed by atoms with Gasteiger partial charge >= 0.3 is 0 Å². The lowest BCUT2D eigenvalue weighted by atomic mass is 9.98. The van der Waals surface area contributed by atoms with E-state index >= 15 is 0 Å². The molecule has 0 aliphatic heterocycles. The Morgan fingerprint density at radius 2 is 2.00 bits per heavy atom. The molecule has 24 heavy (non-hydrogen) atoms. The molecule has 118 valence electrons. The van der Waals surface area contributed by atoms with Crippen LogP contribution in [0.4, 0.5) is 5.69 Å². The minimum atomic E-state index is -0.299. The molecule has 0 saturated heterocycles. The van der Waals surface area contributed by atoms with Crippen LogP contribution in [0.1, 0.15) is 28.8 Å². The number of amides is 1. The van der Waals surface area contributed by atoms with Crippen molar-refractivity contribution in [2.24, 2.45) is 7.05 Å². The van der Waals surface area contributed by atoms with Gasteiger partial charge in [-0.2, -0.15) is 5.26 Å². The third kappa shape index (κ3) is 2.33. The number of hydrogen-bond acceptors (Lipinski definition) is 3. The highest BCUT2D eigenvalue weighted by molar-refractivity contribution is 6.05. The molecule has 1 aromatic heterocycles. The minimum absolute atomic E-state index is 0.170. The van der Waals surface area contributed by atoms with Crippen LogP contribution in [0, 0.1) is 11.3 Å². The molecule has 1 aliphatic carbocycles. The molecule has 5 heteroatoms. The van der Waals surface area contributed by atoms with E-state index in [1.807, 2.05) is 41.9 Å². The van der Waals surface area contributed by atoms with E-state index in [-0.39, 0.29) is 11.3 Å². The number of rotatable bonds is 3. The second-order valence-electron chi connectivity index (χ2n) is 6.28. The fourth-order valence-corrected chi connectivity index (χ4v) is 2.94. The van der Waals surface area contributed by atoms with Gasteiger partial charge in [0, 0.05) is 18.3 Å². The fraction of sp³-hybridized carbons (Fsp3) is 0.211. The number of carbonyl (C=O) groups is 1. The second kappa shape index (κ2) is 5.20. The Bertz CT molecular complexity index is 975. The average Bonchev–Trinajstić information content (AvgIpc) is 3.33. The molecule has 0 atom stereocenters. The number of anilines is 1. The van der Waals surface area contributed by atoms with E-state index in [1.165, 1.54) is 0 Å². The van der Waals surface area contributed by atoms with E-state index in [0.29, 0.717) is 5.56 Å². The maximum atomic E-state index is 12.4. The lowest BCUT2D eigenvalue weighted by molar-refractivity contribution is 0.102. The summed E-state index contributed by atoms with van der Waals surface area (Å²) in [4.78, 5) is 16.7. The Morgan fingerprint density at radius 3 is 2.67 bits per heavy atom. The number of benzene rings is 2. The average molecular weight is 316 g/mol. The number of nitrogens with zero attached hydrogens (tertiary/aromatic N) is 3. The Morgan fingerprint density at radius 1 is 1.25 bits per heavy atom. The van der Waals surface area contributed by atoms with Crippen molar-refractivity contribution in [3.05, 3.63) is 59.9 Å². The number of aromatic nitrogens is 2. The van der Waals surface area contributed by atoms with Crippen LogP contribution in [-0.4, -0.2) is 15.5 Å². The van der Waals surface area contributed by atoms with Crippen molar-refractivity contribution in [2.45, 2.75) is 18.3 Å². The van der Waals surface area contributed by atoms with Gasteiger partial charge in [0.15, 0.2) is 0 Å². The van der Waals surface area contributed by atoms with Crippen molar-refractivity contribution in [3.8, 4) is 6.07 Å². The highest BCUT2D eigenvalue weighted by Gasteiger charge is 2.44. The number of hydrogen-bond donors (Lipinski definition) is 1. The molecule has 1 N–H and O–H groups in total. The fourth-order valence-electron chi connectivity index (χ4n) is 2.94. The van der Waals surface area contributed by atoms with E-state index in [2.05, 4.69) is 16.4 Å². The summed E-state index contributed by atoms with van der Waals surface area (Å²) in [7, 11) is 1.92. The zero-order chi connectivity index (χ0) is 16.7. The predicted octanol–water partition coefficient (Wildman–Crippen LogP) is 3.38. The van der Waals surface area contributed by atoms with E-state index in [0.717, 1.165) is 35.1 Å². The van der Waals surface area contributed by atoms with E-state index < -0.39 is 0 Å². The van der Waals surface area contributed by atoms with Crippen molar-refractivity contribution in [3.63, 3.8) is 0 Å². The number of imidazole rings is 1. The van der Waals surface area contributed by atoms with Crippen molar-refractivity contribution >= 4 is 22.6 Å². The lowest BCUT2D eigenvalue weighted by Crippen LogP contribution is -2.12. The highest BCUT2D eigenvalue weighted by Crippen LogP contribution is 2.47. The number of carbonyl (C=O) groups excluding carboxylic acids is 1. The second-order valence-corrected chi connectivity index (χ2v) is 6.28. The molecule has 1 heterocycles. The Labute approximate surface area is 139 Å². The van der Waals surface area contributed by atoms with Crippen LogP contribution >= 0.6 is 0 Å². The maximum Gasteiger partial charge on any atom is 0.255 e. The number of aryl methyl sites for hydroxylation is 1. The zero-order valence-electron chi connectivity index (χ0n) is 13.3. The van der Waals surface area contributed by atoms with Crippen LogP contribution in [0.15, 0.2) is 48.8 Å². The molecule has 1 saturated carbocycles. The molecule has 1 amide bonds. The molecule has 4 rings (SSSR count). The molecule has 3 aromatic rings. The highest BCUT2D eigenvalue weighted by atomic mass is 16.1. The summed E-state index contributed by atoms with van der Waals surface area (Å²) in [5.74, 6) is -0.170. The van der Waals surface area contributed by atoms with Crippen LogP contribution in [0.5, 0.6) is 0 Å². The molecule has 2 aromatic carbocycles. The summed E-state index contributed by atoms with van der Waals surface area (Å²) in [5, 5.41) is 12.1. The standard InChI is InChI=1S/C19H16N4O/c1-23-12-21-16-10-13(2-7-17(16)23)18(24)22-15-5-3-14(4-6-15)19(11-20)8-9-19/h2-7,10,12H,8-9H2,1H3,(H,22,24). The largest absolute Gasteiger partial charge is 0.334 e. The van der Waals surface area contributed by atoms with Gasteiger partial charge in [-0.3, -0.25) is 4.79 Å². The van der Waals surface area contributed by atoms with Crippen LogP contribution in [-0.2, 0) is 12.5 Å². The van der Waals surface area contributed by atoms with Crippen molar-refractivity contribution in [1.82, 2.24) is 9.55 Å². The summed E-state index contributed by atoms with van der Waals surface area (Å²) in [6, 6.07) is 15.4. The summed E-state index contributed by atoms with van der Waals surface area (Å²) in [6.45, 7) is 0. The molecule has 5 nitrogen and oxygen atoms in total. The van der Waals surface area contributed by atoms with Crippen LogP contribution < -0.4 is 5.32 Å². The normalized spacial score (nSPS) is 15.0. The molecule has 0 radical (unpaired) electrons. The predicted molar refractivity (Wildman–Crippen MR) is 91.6 cm³/mol. The van der Waals surface area contributed by atoms with E-state index in [9.17, 15) is 10.1 Å². The summed E-state index contributed by atoms with van der Waals surface area (Å²) in [6.07, 6.45) is 3.56. The van der Waals surface area contributed by atoms with Crippen molar-refractivity contribution < 1.29 is 4.79 Å². The van der Waals surface area contributed by atoms with Gasteiger partial charge in [-0.15, -0.1) is 0 Å². The van der Waals surface area contributed by atoms with E-state index in [4.69, 9.17) is 0 Å². The Balaban J connectivity index is 1.53. The first kappa shape index (κ1) is 14.5. The molecule has 0 bridgehead atoms. The summed E-state index contributed by atoms with van der Waals surface area (Å²) >= 11 is 0. The molecule has 1 fully saturated rings. The first-order valence-corrected chi connectivity index (χ1v) is 7.86. The van der Waals surface area contributed by atoms with Crippen molar-refractivity contribution in [1.29, 1.82) is 5.26 Å². The zero-order valence-corrected chi connectivity index (χ0v) is 13.3. The topological polar surface area (TPSA) is 70.7 Å². The number of nitriles is 1. The third-order valence-corrected chi connectivity index (χ3v) is 4.65. The Hall–Kier alpha value is -3.13. The smallest absolute Gasteiger partial charge is 0.255 e. The number of nitrogens with one attached hydrogen (secondary N) is 1. The SMILES string of the molecule is Cn1cnc2cc(C(=O)Nc3ccc(C4(C#N)CC4)cc3)ccc21. The summed E-state index contributed by atoms with van der Waals surface area (Å²) < 4.78 is 1.92. The van der Waals surface area contributed by atoms with Gasteiger partial charge in [0.1, 0.15) is 0 Å². The monoisotopic (exact) mass is 316 g/mol. The van der Waals surface area contributed by atoms with Gasteiger partial charge in [-0.1, -0.05) is 12.1 Å². The van der Waals surface area contributed by atoms with Gasteiger partial charge in [-0.25, -0.2) is 4.98 Å². The quantitative estimate of drug-likeness (QED) is 0.805. The molecule has 1 aliphatic rings. The lowest BCUT2D eigenvalue weighted by Gasteiger charge is -2.09. The molecular formula is C19H16N4O. The van der Waals surface area contributed by atoms with Gasteiger partial charge in [0.05, 0.1) is 28.8 Å². The van der Waals surface area contributed by atoms with Gasteiger partial charge in [0.25, 0.3) is 5.91 Å². The molecule has 0 unspecified atom stereocenters. The van der Waals surface area contributed by atoms with Gasteiger partial charge < -0.3 is 9.88 Å². The molecular weight excluding hydrogens is 300 g/mol. The van der Waals surface area contributed by atoms with Crippen LogP contribution in [0.2, 0.25) is 0 Å². The summed E-state index contributed by atoms with van der Waals surface area (Å²) in [5.41, 5.74) is 3.80. The van der Waals surface area contributed by atoms with E-state index in [1.54, 1.807) is 18.5 Å². The van der Waals surface area contributed by atoms with Gasteiger partial charge in [-0.05, 0) is 48.7 Å².